The second-order valence-electron chi connectivity index (χ2n) is 20.1. The van der Waals surface area contributed by atoms with Gasteiger partial charge in [0.05, 0.1) is 39.9 Å². The molecule has 8 rings (SSSR count). The van der Waals surface area contributed by atoms with E-state index in [1.807, 2.05) is 13.8 Å². The van der Waals surface area contributed by atoms with E-state index in [-0.39, 0.29) is 52.4 Å². The van der Waals surface area contributed by atoms with Crippen molar-refractivity contribution in [2.24, 2.45) is 21.1 Å². The lowest BCUT2D eigenvalue weighted by Gasteiger charge is -2.49. The van der Waals surface area contributed by atoms with E-state index in [2.05, 4.69) is 51.5 Å². The largest absolute Gasteiger partial charge is 0.427 e. The summed E-state index contributed by atoms with van der Waals surface area (Å²) in [7, 11) is 2.50. The van der Waals surface area contributed by atoms with E-state index >= 15 is 0 Å². The third-order valence-electron chi connectivity index (χ3n) is 12.1. The maximum Gasteiger partial charge on any atom is 0.358 e. The monoisotopic (exact) mass is 1250 g/mol. The van der Waals surface area contributed by atoms with Crippen LogP contribution in [0.3, 0.4) is 0 Å². The number of anilines is 2. The average Bonchev–Trinajstić information content (AvgIpc) is 2.13. The van der Waals surface area contributed by atoms with Crippen LogP contribution >= 0.6 is 68.9 Å². The Hall–Kier alpha value is -7.52. The Kier molecular flexibility index (Phi) is 19.6. The van der Waals surface area contributed by atoms with Crippen molar-refractivity contribution in [3.8, 4) is 0 Å². The zero-order valence-electron chi connectivity index (χ0n) is 46.2. The van der Waals surface area contributed by atoms with E-state index in [0.29, 0.717) is 21.4 Å². The first-order valence-electron chi connectivity index (χ1n) is 24.9. The Morgan fingerprint density at radius 1 is 0.614 bits per heavy atom. The number of aromatic nitrogens is 4. The number of ether oxygens (including phenoxy) is 4. The number of thioether (sulfide) groups is 2. The molecule has 8 heterocycles. The molecule has 4 aliphatic heterocycles. The van der Waals surface area contributed by atoms with Gasteiger partial charge in [-0.1, -0.05) is 22.5 Å². The molecule has 0 saturated carbocycles. The molecule has 0 unspecified atom stereocenters. The summed E-state index contributed by atoms with van der Waals surface area (Å²) in [5.74, 6) is -5.20. The molecule has 2 saturated heterocycles. The number of aryl methyl sites for hydroxylation is 2. The fraction of sp³-hybridized carbons (Fsp3) is 0.412. The van der Waals surface area contributed by atoms with Crippen molar-refractivity contribution in [3.05, 3.63) is 89.0 Å². The summed E-state index contributed by atoms with van der Waals surface area (Å²) >= 11 is 7.71. The van der Waals surface area contributed by atoms with E-state index in [9.17, 15) is 38.4 Å². The van der Waals surface area contributed by atoms with Gasteiger partial charge in [-0.05, 0) is 78.7 Å². The lowest BCUT2D eigenvalue weighted by Crippen LogP contribution is -2.71. The van der Waals surface area contributed by atoms with E-state index in [4.69, 9.17) is 28.6 Å². The van der Waals surface area contributed by atoms with E-state index in [0.717, 1.165) is 43.8 Å². The second kappa shape index (κ2) is 26.4. The fourth-order valence-corrected chi connectivity index (χ4v) is 13.2. The zero-order valence-corrected chi connectivity index (χ0v) is 51.1. The van der Waals surface area contributed by atoms with Crippen LogP contribution in [0.1, 0.15) is 74.1 Å². The van der Waals surface area contributed by atoms with Gasteiger partial charge in [0.2, 0.25) is 13.6 Å². The minimum absolute atomic E-state index is 0.0539. The number of carbonyl (C=O) groups is 8. The number of oxime groups is 2. The van der Waals surface area contributed by atoms with Gasteiger partial charge in [-0.3, -0.25) is 38.6 Å². The number of hydrogen-bond acceptors (Lipinski definition) is 28. The minimum Gasteiger partial charge on any atom is -0.427 e. The molecule has 440 valence electrons. The summed E-state index contributed by atoms with van der Waals surface area (Å²) in [6.45, 7) is 12.3. The van der Waals surface area contributed by atoms with Crippen molar-refractivity contribution >= 4 is 150 Å². The van der Waals surface area contributed by atoms with Crippen molar-refractivity contribution in [1.82, 2.24) is 40.4 Å². The Bertz CT molecular complexity index is 3180. The van der Waals surface area contributed by atoms with Gasteiger partial charge in [-0.15, -0.1) is 68.9 Å². The zero-order chi connectivity index (χ0) is 59.9. The number of hydrogen-bond donors (Lipinski definition) is 4. The highest BCUT2D eigenvalue weighted by Gasteiger charge is 2.56. The molecule has 0 aliphatic carbocycles. The number of thiazole rings is 4. The number of amides is 4. The predicted octanol–water partition coefficient (Wildman–Crippen LogP) is 5.23. The number of nitrogens with zero attached hydrogens (tertiary/aromatic N) is 8. The maximum atomic E-state index is 13.9. The van der Waals surface area contributed by atoms with E-state index in [1.54, 1.807) is 87.6 Å². The first-order valence-corrected chi connectivity index (χ1v) is 30.6. The van der Waals surface area contributed by atoms with Crippen LogP contribution in [0, 0.1) is 24.7 Å². The molecular weight excluding hydrogens is 1200 g/mol. The molecule has 4 aromatic heterocycles. The number of carbonyl (C=O) groups excluding carboxylic acids is 8. The molecule has 2 fully saturated rings. The molecule has 4 aliphatic rings. The van der Waals surface area contributed by atoms with Gasteiger partial charge in [0.1, 0.15) is 59.8 Å². The normalized spacial score (nSPS) is 19.2. The van der Waals surface area contributed by atoms with Crippen LogP contribution < -0.4 is 21.3 Å². The number of allylic oxidation sites excluding steroid dienone is 2. The van der Waals surface area contributed by atoms with Gasteiger partial charge < -0.3 is 49.9 Å². The standard InChI is InChI=1S/C51H56N12O14S6/c1-24-30(82-20-54-24)13-11-26-15-78-42-34(40(66)62(42)36(26)44(68)74-22-76-46(70)50(3,4)5)58-38(64)32(60-72-9)28-17-80-48(56-28)52-19-53-49-57-29(18-81-49)33(61-73-10)39(65)59-35-41(67)63-37(45(69)75-23-77-47(71)51(6,7)8)27(16-79-43(35)63)12-14-31-25(2)55-21-83-31/h11-14,17-18,20-21,34-35,42-43H,15-16,19,22-23H2,1-10H3,(H,52,56)(H,53,57)(H,58,64)(H,59,65)/b13-11-,14-12-,60-32-,61-33-/t34-,35-,42-,43-/m1/s1. The quantitative estimate of drug-likeness (QED) is 0.0257. The lowest BCUT2D eigenvalue weighted by molar-refractivity contribution is -0.174. The maximum absolute atomic E-state index is 13.9. The summed E-state index contributed by atoms with van der Waals surface area (Å²) in [4.78, 5) is 139. The molecule has 26 nitrogen and oxygen atoms in total. The molecule has 4 aromatic rings. The summed E-state index contributed by atoms with van der Waals surface area (Å²) in [5.41, 5.74) is 3.84. The molecule has 83 heavy (non-hydrogen) atoms. The Balaban J connectivity index is 0.867. The molecule has 0 aromatic carbocycles. The fourth-order valence-electron chi connectivity index (χ4n) is 7.79. The first-order chi connectivity index (χ1) is 39.5. The molecule has 32 heteroatoms. The Morgan fingerprint density at radius 3 is 1.36 bits per heavy atom. The topological polar surface area (TPSA) is 323 Å². The summed E-state index contributed by atoms with van der Waals surface area (Å²) in [5, 5.41) is 21.8. The lowest BCUT2D eigenvalue weighted by atomic mass is 9.97. The van der Waals surface area contributed by atoms with Crippen LogP contribution in [0.4, 0.5) is 10.3 Å². The summed E-state index contributed by atoms with van der Waals surface area (Å²) < 4.78 is 21.0. The smallest absolute Gasteiger partial charge is 0.358 e. The van der Waals surface area contributed by atoms with Crippen molar-refractivity contribution in [3.63, 3.8) is 0 Å². The highest BCUT2D eigenvalue weighted by atomic mass is 32.2. The Labute approximate surface area is 499 Å². The number of esters is 4. The van der Waals surface area contributed by atoms with Crippen molar-refractivity contribution < 1.29 is 67.0 Å². The van der Waals surface area contributed by atoms with Gasteiger partial charge in [-0.25, -0.2) is 29.5 Å². The molecule has 0 radical (unpaired) electrons. The number of nitrogens with one attached hydrogen (secondary N) is 4. The SMILES string of the molecule is CO/N=C(\C(=O)N[C@@H]1C(=O)N2C(C(=O)OCOC(=O)C(C)(C)C)=C(/C=C\c3scnc3C)CS[C@H]12)c1csc(NCNc2nc(/C(=N/OC)C(=O)N[C@@H]3C(=O)N4C(C(=O)OCOC(=O)C(C)(C)C)=C(/C=C\c5scnc5C)CS[C@H]34)cs2)n1. The predicted molar refractivity (Wildman–Crippen MR) is 312 cm³/mol. The van der Waals surface area contributed by atoms with Gasteiger partial charge in [0, 0.05) is 32.0 Å². The van der Waals surface area contributed by atoms with Crippen LogP contribution in [-0.2, 0) is 67.0 Å². The molecule has 4 amide bonds. The van der Waals surface area contributed by atoms with Crippen molar-refractivity contribution in [2.45, 2.75) is 78.2 Å². The average molecular weight is 1250 g/mol. The van der Waals surface area contributed by atoms with Crippen molar-refractivity contribution in [2.75, 3.05) is 56.6 Å². The van der Waals surface area contributed by atoms with Gasteiger partial charge in [0.15, 0.2) is 21.7 Å². The van der Waals surface area contributed by atoms with Crippen LogP contribution in [-0.4, -0.2) is 157 Å². The van der Waals surface area contributed by atoms with Gasteiger partial charge >= 0.3 is 23.9 Å². The second-order valence-corrected chi connectivity index (χ2v) is 25.8. The third-order valence-corrected chi connectivity index (χ3v) is 18.1. The van der Waals surface area contributed by atoms with E-state index in [1.165, 1.54) is 70.2 Å². The Morgan fingerprint density at radius 2 is 1.01 bits per heavy atom. The summed E-state index contributed by atoms with van der Waals surface area (Å²) in [6.07, 6.45) is 6.99. The number of rotatable bonds is 22. The van der Waals surface area contributed by atoms with Crippen LogP contribution in [0.5, 0.6) is 0 Å². The first kappa shape index (κ1) is 61.5. The van der Waals surface area contributed by atoms with Crippen molar-refractivity contribution in [1.29, 1.82) is 0 Å². The summed E-state index contributed by atoms with van der Waals surface area (Å²) in [6, 6.07) is -2.17. The highest BCUT2D eigenvalue weighted by Crippen LogP contribution is 2.43. The van der Waals surface area contributed by atoms with E-state index < -0.39 is 94.8 Å². The third kappa shape index (κ3) is 14.1. The molecular formula is C51H56N12O14S6. The van der Waals surface area contributed by atoms with Gasteiger partial charge in [0.25, 0.3) is 23.6 Å². The van der Waals surface area contributed by atoms with Crippen LogP contribution in [0.15, 0.2) is 66.8 Å². The molecule has 0 spiro atoms. The molecule has 0 bridgehead atoms. The molecule has 4 N–H and O–H groups in total. The van der Waals surface area contributed by atoms with Crippen LogP contribution in [0.2, 0.25) is 0 Å². The highest BCUT2D eigenvalue weighted by molar-refractivity contribution is 8.00. The van der Waals surface area contributed by atoms with Crippen LogP contribution in [0.25, 0.3) is 12.2 Å². The number of fused-ring (bicyclic) bond motifs is 2. The van der Waals surface area contributed by atoms with Gasteiger partial charge in [-0.2, -0.15) is 0 Å². The minimum atomic E-state index is -1.08. The number of β-lactam (4-membered cyclic amide) rings is 2. The molecule has 4 atom stereocenters.